The van der Waals surface area contributed by atoms with Crippen LogP contribution >= 0.6 is 11.6 Å². The van der Waals surface area contributed by atoms with Crippen molar-refractivity contribution in [2.24, 2.45) is 7.05 Å². The van der Waals surface area contributed by atoms with Crippen LogP contribution in [0.15, 0.2) is 18.2 Å². The molecule has 2 aromatic rings. The molecule has 21 heavy (non-hydrogen) atoms. The standard InChI is InChI=1S/C15H17ClN2O3/c1-4-11-14(16)12(18(3)17-11)8-21-13-6-5-9(2)7-10(13)15(19)20/h5-7H,4,8H2,1-3H3,(H,19,20). The lowest BCUT2D eigenvalue weighted by atomic mass is 10.1. The molecule has 0 aliphatic heterocycles. The first-order valence-corrected chi connectivity index (χ1v) is 6.98. The molecule has 0 fully saturated rings. The van der Waals surface area contributed by atoms with Gasteiger partial charge in [-0.15, -0.1) is 0 Å². The van der Waals surface area contributed by atoms with Crippen molar-refractivity contribution in [1.29, 1.82) is 0 Å². The fourth-order valence-electron chi connectivity index (χ4n) is 2.06. The summed E-state index contributed by atoms with van der Waals surface area (Å²) in [5.41, 5.74) is 2.54. The zero-order valence-corrected chi connectivity index (χ0v) is 12.9. The van der Waals surface area contributed by atoms with E-state index in [0.717, 1.165) is 23.4 Å². The summed E-state index contributed by atoms with van der Waals surface area (Å²) in [5.74, 6) is -0.692. The van der Waals surface area contributed by atoms with Crippen LogP contribution in [0.5, 0.6) is 5.75 Å². The highest BCUT2D eigenvalue weighted by Gasteiger charge is 2.16. The third kappa shape index (κ3) is 3.19. The number of hydrogen-bond donors (Lipinski definition) is 1. The van der Waals surface area contributed by atoms with E-state index in [1.807, 2.05) is 19.9 Å². The lowest BCUT2D eigenvalue weighted by Gasteiger charge is -2.10. The first kappa shape index (κ1) is 15.4. The van der Waals surface area contributed by atoms with Crippen LogP contribution in [0.1, 0.15) is 34.2 Å². The fraction of sp³-hybridized carbons (Fsp3) is 0.333. The Bertz CT molecular complexity index is 680. The molecule has 1 aromatic carbocycles. The molecule has 0 atom stereocenters. The van der Waals surface area contributed by atoms with Gasteiger partial charge >= 0.3 is 5.97 Å². The number of aromatic nitrogens is 2. The number of hydrogen-bond acceptors (Lipinski definition) is 3. The van der Waals surface area contributed by atoms with Crippen molar-refractivity contribution >= 4 is 17.6 Å². The summed E-state index contributed by atoms with van der Waals surface area (Å²) < 4.78 is 7.30. The lowest BCUT2D eigenvalue weighted by molar-refractivity contribution is 0.0691. The molecule has 5 nitrogen and oxygen atoms in total. The van der Waals surface area contributed by atoms with Gasteiger partial charge in [-0.05, 0) is 25.5 Å². The van der Waals surface area contributed by atoms with Gasteiger partial charge in [0.15, 0.2) is 0 Å². The number of carboxylic acids is 1. The maximum atomic E-state index is 11.2. The van der Waals surface area contributed by atoms with Gasteiger partial charge in [-0.3, -0.25) is 4.68 Å². The number of ether oxygens (including phenoxy) is 1. The molecule has 0 radical (unpaired) electrons. The average Bonchev–Trinajstić information content (AvgIpc) is 2.72. The summed E-state index contributed by atoms with van der Waals surface area (Å²) in [6.07, 6.45) is 0.734. The molecule has 0 saturated carbocycles. The molecule has 0 spiro atoms. The van der Waals surface area contributed by atoms with E-state index < -0.39 is 5.97 Å². The minimum absolute atomic E-state index is 0.143. The second kappa shape index (κ2) is 6.18. The number of aromatic carboxylic acids is 1. The number of carboxylic acid groups (broad SMARTS) is 1. The molecular formula is C15H17ClN2O3. The van der Waals surface area contributed by atoms with Gasteiger partial charge in [0.25, 0.3) is 0 Å². The van der Waals surface area contributed by atoms with Crippen LogP contribution in [-0.2, 0) is 20.1 Å². The number of carbonyl (C=O) groups is 1. The minimum Gasteiger partial charge on any atom is -0.486 e. The van der Waals surface area contributed by atoms with Crippen molar-refractivity contribution in [3.8, 4) is 5.75 Å². The zero-order valence-electron chi connectivity index (χ0n) is 12.2. The van der Waals surface area contributed by atoms with Crippen LogP contribution < -0.4 is 4.74 Å². The van der Waals surface area contributed by atoms with Gasteiger partial charge < -0.3 is 9.84 Å². The average molecular weight is 309 g/mol. The number of rotatable bonds is 5. The largest absolute Gasteiger partial charge is 0.486 e. The quantitative estimate of drug-likeness (QED) is 0.921. The van der Waals surface area contributed by atoms with E-state index in [2.05, 4.69) is 5.10 Å². The Morgan fingerprint density at radius 2 is 2.19 bits per heavy atom. The number of halogens is 1. The molecule has 112 valence electrons. The molecule has 1 aromatic heterocycles. The van der Waals surface area contributed by atoms with E-state index in [1.54, 1.807) is 23.9 Å². The minimum atomic E-state index is -1.01. The molecule has 2 rings (SSSR count). The van der Waals surface area contributed by atoms with Crippen molar-refractivity contribution < 1.29 is 14.6 Å². The maximum Gasteiger partial charge on any atom is 0.339 e. The van der Waals surface area contributed by atoms with Gasteiger partial charge in [0.05, 0.1) is 16.4 Å². The zero-order chi connectivity index (χ0) is 15.6. The van der Waals surface area contributed by atoms with Gasteiger partial charge in [0.2, 0.25) is 0 Å². The van der Waals surface area contributed by atoms with Crippen LogP contribution in [0.2, 0.25) is 5.02 Å². The van der Waals surface area contributed by atoms with Gasteiger partial charge in [-0.25, -0.2) is 4.79 Å². The summed E-state index contributed by atoms with van der Waals surface area (Å²) in [4.78, 5) is 11.2. The van der Waals surface area contributed by atoms with Crippen LogP contribution in [-0.4, -0.2) is 20.9 Å². The number of aryl methyl sites for hydroxylation is 3. The van der Waals surface area contributed by atoms with Crippen LogP contribution in [0.25, 0.3) is 0 Å². The van der Waals surface area contributed by atoms with Crippen molar-refractivity contribution in [1.82, 2.24) is 9.78 Å². The topological polar surface area (TPSA) is 64.4 Å². The molecular weight excluding hydrogens is 292 g/mol. The Morgan fingerprint density at radius 1 is 1.48 bits per heavy atom. The van der Waals surface area contributed by atoms with E-state index in [-0.39, 0.29) is 12.2 Å². The van der Waals surface area contributed by atoms with E-state index in [1.165, 1.54) is 0 Å². The molecule has 0 bridgehead atoms. The van der Waals surface area contributed by atoms with E-state index in [9.17, 15) is 9.90 Å². The Kier molecular flexibility index (Phi) is 4.53. The predicted octanol–water partition coefficient (Wildman–Crippen LogP) is 3.22. The van der Waals surface area contributed by atoms with Crippen LogP contribution in [0.3, 0.4) is 0 Å². The molecule has 6 heteroatoms. The van der Waals surface area contributed by atoms with Crippen molar-refractivity contribution in [2.75, 3.05) is 0 Å². The molecule has 1 heterocycles. The highest BCUT2D eigenvalue weighted by Crippen LogP contribution is 2.25. The summed E-state index contributed by atoms with van der Waals surface area (Å²) in [7, 11) is 1.79. The smallest absolute Gasteiger partial charge is 0.339 e. The predicted molar refractivity (Wildman–Crippen MR) is 80.1 cm³/mol. The maximum absolute atomic E-state index is 11.2. The summed E-state index contributed by atoms with van der Waals surface area (Å²) in [6, 6.07) is 5.05. The van der Waals surface area contributed by atoms with Crippen LogP contribution in [0.4, 0.5) is 0 Å². The highest BCUT2D eigenvalue weighted by atomic mass is 35.5. The molecule has 0 aliphatic rings. The van der Waals surface area contributed by atoms with Crippen molar-refractivity contribution in [3.05, 3.63) is 45.7 Å². The molecule has 0 unspecified atom stereocenters. The highest BCUT2D eigenvalue weighted by molar-refractivity contribution is 6.31. The van der Waals surface area contributed by atoms with Gasteiger partial charge in [-0.2, -0.15) is 5.10 Å². The Labute approximate surface area is 128 Å². The van der Waals surface area contributed by atoms with Gasteiger partial charge in [-0.1, -0.05) is 30.2 Å². The molecule has 1 N–H and O–H groups in total. The molecule has 0 aliphatic carbocycles. The Balaban J connectivity index is 2.25. The normalized spacial score (nSPS) is 10.7. The molecule has 0 amide bonds. The van der Waals surface area contributed by atoms with E-state index in [4.69, 9.17) is 16.3 Å². The SMILES string of the molecule is CCc1nn(C)c(COc2ccc(C)cc2C(=O)O)c1Cl. The lowest BCUT2D eigenvalue weighted by Crippen LogP contribution is -2.07. The van der Waals surface area contributed by atoms with E-state index in [0.29, 0.717) is 10.8 Å². The summed E-state index contributed by atoms with van der Waals surface area (Å²) >= 11 is 6.24. The first-order valence-electron chi connectivity index (χ1n) is 6.61. The summed E-state index contributed by atoms with van der Waals surface area (Å²) in [6.45, 7) is 3.98. The number of nitrogens with zero attached hydrogens (tertiary/aromatic N) is 2. The third-order valence-corrected chi connectivity index (χ3v) is 3.67. The fourth-order valence-corrected chi connectivity index (χ4v) is 2.41. The van der Waals surface area contributed by atoms with Gasteiger partial charge in [0, 0.05) is 7.05 Å². The first-order chi connectivity index (χ1) is 9.93. The van der Waals surface area contributed by atoms with Gasteiger partial charge in [0.1, 0.15) is 17.9 Å². The number of benzene rings is 1. The Hall–Kier alpha value is -2.01. The molecule has 0 saturated heterocycles. The summed E-state index contributed by atoms with van der Waals surface area (Å²) in [5, 5.41) is 14.1. The second-order valence-electron chi connectivity index (χ2n) is 4.78. The van der Waals surface area contributed by atoms with Crippen molar-refractivity contribution in [2.45, 2.75) is 26.9 Å². The second-order valence-corrected chi connectivity index (χ2v) is 5.16. The van der Waals surface area contributed by atoms with Crippen LogP contribution in [0, 0.1) is 6.92 Å². The Morgan fingerprint density at radius 3 is 2.76 bits per heavy atom. The third-order valence-electron chi connectivity index (χ3n) is 3.23. The monoisotopic (exact) mass is 308 g/mol. The van der Waals surface area contributed by atoms with E-state index >= 15 is 0 Å². The van der Waals surface area contributed by atoms with Crippen molar-refractivity contribution in [3.63, 3.8) is 0 Å².